The lowest BCUT2D eigenvalue weighted by atomic mass is 10.2. The second kappa shape index (κ2) is 8.04. The predicted molar refractivity (Wildman–Crippen MR) is 95.3 cm³/mol. The van der Waals surface area contributed by atoms with Crippen molar-refractivity contribution in [2.75, 3.05) is 25.2 Å². The summed E-state index contributed by atoms with van der Waals surface area (Å²) in [6.45, 7) is 0. The Bertz CT molecular complexity index is 702. The molecule has 4 nitrogen and oxygen atoms in total. The molecular formula is C17H17ClN2O2S. The maximum Gasteiger partial charge on any atom is 0.253 e. The summed E-state index contributed by atoms with van der Waals surface area (Å²) in [5, 5.41) is 3.47. The van der Waals surface area contributed by atoms with Gasteiger partial charge < -0.3 is 10.2 Å². The Morgan fingerprint density at radius 1 is 1.13 bits per heavy atom. The number of thioether (sulfide) groups is 1. The minimum atomic E-state index is -0.126. The average Bonchev–Trinajstić information content (AvgIpc) is 2.53. The zero-order valence-corrected chi connectivity index (χ0v) is 14.4. The van der Waals surface area contributed by atoms with Gasteiger partial charge in [-0.05, 0) is 42.5 Å². The van der Waals surface area contributed by atoms with E-state index in [4.69, 9.17) is 11.6 Å². The molecular weight excluding hydrogens is 332 g/mol. The van der Waals surface area contributed by atoms with Crippen molar-refractivity contribution in [3.05, 3.63) is 59.1 Å². The maximum absolute atomic E-state index is 12.0. The molecule has 2 rings (SSSR count). The Morgan fingerprint density at radius 2 is 1.83 bits per heavy atom. The fourth-order valence-corrected chi connectivity index (χ4v) is 2.69. The topological polar surface area (TPSA) is 49.4 Å². The number of hydrogen-bond donors (Lipinski definition) is 1. The third-order valence-electron chi connectivity index (χ3n) is 2.98. The van der Waals surface area contributed by atoms with Crippen LogP contribution in [0.1, 0.15) is 10.4 Å². The maximum atomic E-state index is 12.0. The molecule has 23 heavy (non-hydrogen) atoms. The van der Waals surface area contributed by atoms with Gasteiger partial charge >= 0.3 is 0 Å². The molecule has 0 heterocycles. The molecule has 0 aromatic heterocycles. The highest BCUT2D eigenvalue weighted by molar-refractivity contribution is 8.00. The van der Waals surface area contributed by atoms with Crippen molar-refractivity contribution in [3.8, 4) is 0 Å². The molecule has 0 spiro atoms. The second-order valence-corrected chi connectivity index (χ2v) is 6.56. The molecule has 0 aliphatic rings. The number of carbonyl (C=O) groups is 2. The second-order valence-electron chi connectivity index (χ2n) is 5.07. The van der Waals surface area contributed by atoms with Gasteiger partial charge in [-0.15, -0.1) is 11.8 Å². The largest absolute Gasteiger partial charge is 0.345 e. The zero-order chi connectivity index (χ0) is 16.8. The number of nitrogens with one attached hydrogen (secondary N) is 1. The number of hydrogen-bond acceptors (Lipinski definition) is 3. The summed E-state index contributed by atoms with van der Waals surface area (Å²) in [4.78, 5) is 26.4. The summed E-state index contributed by atoms with van der Waals surface area (Å²) < 4.78 is 0. The summed E-state index contributed by atoms with van der Waals surface area (Å²) in [6.07, 6.45) is 0. The van der Waals surface area contributed by atoms with E-state index in [1.807, 2.05) is 12.1 Å². The van der Waals surface area contributed by atoms with Crippen LogP contribution in [-0.2, 0) is 4.79 Å². The van der Waals surface area contributed by atoms with Crippen molar-refractivity contribution in [1.29, 1.82) is 0 Å². The molecule has 2 amide bonds. The van der Waals surface area contributed by atoms with Gasteiger partial charge in [0.15, 0.2) is 0 Å². The van der Waals surface area contributed by atoms with Gasteiger partial charge in [-0.25, -0.2) is 0 Å². The van der Waals surface area contributed by atoms with E-state index in [0.29, 0.717) is 16.3 Å². The van der Waals surface area contributed by atoms with E-state index < -0.39 is 0 Å². The van der Waals surface area contributed by atoms with Gasteiger partial charge in [-0.2, -0.15) is 0 Å². The Labute approximate surface area is 144 Å². The van der Waals surface area contributed by atoms with Gasteiger partial charge in [-0.3, -0.25) is 9.59 Å². The van der Waals surface area contributed by atoms with E-state index in [1.54, 1.807) is 50.5 Å². The molecule has 0 aliphatic heterocycles. The molecule has 1 N–H and O–H groups in total. The average molecular weight is 349 g/mol. The Kier molecular flexibility index (Phi) is 6.07. The number of carbonyl (C=O) groups excluding carboxylic acids is 2. The van der Waals surface area contributed by atoms with Crippen molar-refractivity contribution in [1.82, 2.24) is 4.90 Å². The van der Waals surface area contributed by atoms with E-state index in [9.17, 15) is 9.59 Å². The first-order valence-corrected chi connectivity index (χ1v) is 8.32. The van der Waals surface area contributed by atoms with Gasteiger partial charge in [0.2, 0.25) is 5.91 Å². The summed E-state index contributed by atoms with van der Waals surface area (Å²) in [7, 11) is 3.38. The third-order valence-corrected chi connectivity index (χ3v) is 4.25. The summed E-state index contributed by atoms with van der Waals surface area (Å²) in [6, 6.07) is 14.2. The SMILES string of the molecule is CN(C)C(=O)c1cccc(NC(=O)CSc2ccc(Cl)cc2)c1. The number of halogens is 1. The molecule has 0 saturated carbocycles. The Hall–Kier alpha value is -1.98. The van der Waals surface area contributed by atoms with E-state index >= 15 is 0 Å². The van der Waals surface area contributed by atoms with Crippen LogP contribution in [-0.4, -0.2) is 36.6 Å². The van der Waals surface area contributed by atoms with Gasteiger partial charge in [0, 0.05) is 35.3 Å². The molecule has 2 aromatic carbocycles. The molecule has 0 atom stereocenters. The van der Waals surface area contributed by atoms with Crippen LogP contribution in [0.4, 0.5) is 5.69 Å². The van der Waals surface area contributed by atoms with E-state index in [1.165, 1.54) is 16.7 Å². The van der Waals surface area contributed by atoms with Crippen LogP contribution in [0.5, 0.6) is 0 Å². The Balaban J connectivity index is 1.93. The van der Waals surface area contributed by atoms with Crippen LogP contribution in [0.2, 0.25) is 5.02 Å². The van der Waals surface area contributed by atoms with Crippen molar-refractivity contribution in [3.63, 3.8) is 0 Å². The molecule has 0 radical (unpaired) electrons. The fourth-order valence-electron chi connectivity index (χ4n) is 1.86. The van der Waals surface area contributed by atoms with Crippen LogP contribution >= 0.6 is 23.4 Å². The molecule has 0 aliphatic carbocycles. The van der Waals surface area contributed by atoms with Crippen LogP contribution in [0.15, 0.2) is 53.4 Å². The Morgan fingerprint density at radius 3 is 2.48 bits per heavy atom. The van der Waals surface area contributed by atoms with Crippen LogP contribution in [0.3, 0.4) is 0 Å². The minimum Gasteiger partial charge on any atom is -0.345 e. The molecule has 2 aromatic rings. The first kappa shape index (κ1) is 17.4. The lowest BCUT2D eigenvalue weighted by Crippen LogP contribution is -2.22. The molecule has 0 fully saturated rings. The van der Waals surface area contributed by atoms with Gasteiger partial charge in [0.25, 0.3) is 5.91 Å². The first-order chi connectivity index (χ1) is 11.0. The number of benzene rings is 2. The highest BCUT2D eigenvalue weighted by atomic mass is 35.5. The van der Waals surface area contributed by atoms with Crippen molar-refractivity contribution < 1.29 is 9.59 Å². The number of nitrogens with zero attached hydrogens (tertiary/aromatic N) is 1. The summed E-state index contributed by atoms with van der Waals surface area (Å²) in [5.74, 6) is 0.0593. The number of amides is 2. The smallest absolute Gasteiger partial charge is 0.253 e. The van der Waals surface area contributed by atoms with Gasteiger partial charge in [-0.1, -0.05) is 17.7 Å². The number of rotatable bonds is 5. The van der Waals surface area contributed by atoms with Gasteiger partial charge in [0.05, 0.1) is 5.75 Å². The molecule has 120 valence electrons. The molecule has 0 saturated heterocycles. The van der Waals surface area contributed by atoms with Crippen LogP contribution in [0, 0.1) is 0 Å². The highest BCUT2D eigenvalue weighted by Crippen LogP contribution is 2.20. The van der Waals surface area contributed by atoms with E-state index in [-0.39, 0.29) is 17.6 Å². The van der Waals surface area contributed by atoms with Crippen LogP contribution in [0.25, 0.3) is 0 Å². The fraction of sp³-hybridized carbons (Fsp3) is 0.176. The van der Waals surface area contributed by atoms with Crippen LogP contribution < -0.4 is 5.32 Å². The molecule has 6 heteroatoms. The quantitative estimate of drug-likeness (QED) is 0.837. The van der Waals surface area contributed by atoms with E-state index in [2.05, 4.69) is 5.32 Å². The standard InChI is InChI=1S/C17H17ClN2O2S/c1-20(2)17(22)12-4-3-5-14(10-12)19-16(21)11-23-15-8-6-13(18)7-9-15/h3-10H,11H2,1-2H3,(H,19,21). The predicted octanol–water partition coefficient (Wildman–Crippen LogP) is 3.77. The lowest BCUT2D eigenvalue weighted by molar-refractivity contribution is -0.113. The van der Waals surface area contributed by atoms with E-state index in [0.717, 1.165) is 4.90 Å². The summed E-state index contributed by atoms with van der Waals surface area (Å²) >= 11 is 7.25. The minimum absolute atomic E-state index is 0.100. The first-order valence-electron chi connectivity index (χ1n) is 6.95. The zero-order valence-electron chi connectivity index (χ0n) is 12.9. The molecule has 0 bridgehead atoms. The van der Waals surface area contributed by atoms with Crippen molar-refractivity contribution >= 4 is 40.9 Å². The lowest BCUT2D eigenvalue weighted by Gasteiger charge is -2.11. The van der Waals surface area contributed by atoms with Crippen molar-refractivity contribution in [2.45, 2.75) is 4.90 Å². The highest BCUT2D eigenvalue weighted by Gasteiger charge is 2.09. The van der Waals surface area contributed by atoms with Crippen molar-refractivity contribution in [2.24, 2.45) is 0 Å². The molecule has 0 unspecified atom stereocenters. The van der Waals surface area contributed by atoms with Gasteiger partial charge in [0.1, 0.15) is 0 Å². The normalized spacial score (nSPS) is 10.2. The monoisotopic (exact) mass is 348 g/mol. The third kappa shape index (κ3) is 5.30. The number of anilines is 1. The summed E-state index contributed by atoms with van der Waals surface area (Å²) in [5.41, 5.74) is 1.15.